The number of aryl methyl sites for hydroxylation is 1. The van der Waals surface area contributed by atoms with E-state index in [9.17, 15) is 13.6 Å². The van der Waals surface area contributed by atoms with Crippen molar-refractivity contribution in [3.05, 3.63) is 39.8 Å². The Labute approximate surface area is 218 Å². The van der Waals surface area contributed by atoms with Crippen molar-refractivity contribution >= 4 is 45.6 Å². The predicted molar refractivity (Wildman–Crippen MR) is 141 cm³/mol. The van der Waals surface area contributed by atoms with Gasteiger partial charge in [0, 0.05) is 56.0 Å². The number of hydrogen-bond donors (Lipinski definition) is 2. The lowest BCUT2D eigenvalue weighted by Crippen LogP contribution is -2.46. The molecule has 1 saturated heterocycles. The summed E-state index contributed by atoms with van der Waals surface area (Å²) in [5.41, 5.74) is 2.04. The fraction of sp³-hybridized carbons (Fsp3) is 0.500. The lowest BCUT2D eigenvalue weighted by atomic mass is 9.96. The number of rotatable bonds is 4. The molecular formula is C26H29ClF2N6O2. The van der Waals surface area contributed by atoms with Gasteiger partial charge in [-0.2, -0.15) is 4.98 Å². The van der Waals surface area contributed by atoms with E-state index in [0.717, 1.165) is 17.3 Å². The Hall–Kier alpha value is -3.14. The van der Waals surface area contributed by atoms with E-state index < -0.39 is 11.8 Å². The molecule has 0 spiro atoms. The van der Waals surface area contributed by atoms with Crippen LogP contribution in [-0.2, 0) is 7.05 Å². The van der Waals surface area contributed by atoms with Gasteiger partial charge in [-0.25, -0.2) is 13.8 Å². The van der Waals surface area contributed by atoms with Gasteiger partial charge in [-0.15, -0.1) is 0 Å². The second-order valence-electron chi connectivity index (χ2n) is 10.4. The number of piperidine rings is 1. The van der Waals surface area contributed by atoms with E-state index in [4.69, 9.17) is 16.3 Å². The Morgan fingerprint density at radius 3 is 2.84 bits per heavy atom. The minimum atomic E-state index is -2.69. The van der Waals surface area contributed by atoms with Crippen LogP contribution in [0, 0.1) is 11.8 Å². The van der Waals surface area contributed by atoms with Gasteiger partial charge in [0.2, 0.25) is 11.7 Å². The predicted octanol–water partition coefficient (Wildman–Crippen LogP) is 5.18. The van der Waals surface area contributed by atoms with Crippen molar-refractivity contribution in [2.45, 2.75) is 44.6 Å². The van der Waals surface area contributed by atoms with Gasteiger partial charge in [0.15, 0.2) is 5.82 Å². The molecule has 37 heavy (non-hydrogen) atoms. The SMILES string of the molecule is C[C@@H]1CN(c2ncc(Cl)c(Nc3ccc4c(c3)c3c(c(=O)n4C)OCCC(C4CC4)N3)n2)CCC1(F)F. The zero-order valence-corrected chi connectivity index (χ0v) is 21.5. The van der Waals surface area contributed by atoms with Crippen molar-refractivity contribution in [2.24, 2.45) is 18.9 Å². The number of pyridine rings is 1. The number of ether oxygens (including phenoxy) is 1. The smallest absolute Gasteiger partial charge is 0.295 e. The maximum Gasteiger partial charge on any atom is 0.295 e. The number of nitrogens with zero attached hydrogens (tertiary/aromatic N) is 4. The molecule has 2 fully saturated rings. The number of nitrogens with one attached hydrogen (secondary N) is 2. The minimum absolute atomic E-state index is 0.165. The highest BCUT2D eigenvalue weighted by Crippen LogP contribution is 2.41. The normalized spacial score (nSPS) is 23.1. The molecule has 1 saturated carbocycles. The summed E-state index contributed by atoms with van der Waals surface area (Å²) in [4.78, 5) is 23.7. The molecule has 4 heterocycles. The fourth-order valence-electron chi connectivity index (χ4n) is 5.27. The van der Waals surface area contributed by atoms with E-state index in [0.29, 0.717) is 46.4 Å². The van der Waals surface area contributed by atoms with Crippen LogP contribution < -0.4 is 25.8 Å². The number of fused-ring (bicyclic) bond motifs is 3. The lowest BCUT2D eigenvalue weighted by Gasteiger charge is -2.36. The molecule has 2 N–H and O–H groups in total. The summed E-state index contributed by atoms with van der Waals surface area (Å²) in [7, 11) is 1.74. The third-order valence-corrected chi connectivity index (χ3v) is 8.03. The van der Waals surface area contributed by atoms with Gasteiger partial charge in [0.1, 0.15) is 5.02 Å². The number of halogens is 3. The first-order chi connectivity index (χ1) is 17.7. The van der Waals surface area contributed by atoms with Crippen molar-refractivity contribution in [1.29, 1.82) is 0 Å². The summed E-state index contributed by atoms with van der Waals surface area (Å²) in [6.45, 7) is 2.37. The molecule has 3 aliphatic rings. The molecule has 1 unspecified atom stereocenters. The average molecular weight is 531 g/mol. The zero-order valence-electron chi connectivity index (χ0n) is 20.7. The van der Waals surface area contributed by atoms with Gasteiger partial charge in [0.25, 0.3) is 11.5 Å². The molecule has 0 radical (unpaired) electrons. The lowest BCUT2D eigenvalue weighted by molar-refractivity contribution is -0.0653. The summed E-state index contributed by atoms with van der Waals surface area (Å²) in [5.74, 6) is -1.81. The van der Waals surface area contributed by atoms with E-state index >= 15 is 0 Å². The summed E-state index contributed by atoms with van der Waals surface area (Å²) in [5, 5.41) is 8.04. The third-order valence-electron chi connectivity index (χ3n) is 7.76. The molecule has 3 aromatic rings. The summed E-state index contributed by atoms with van der Waals surface area (Å²) < 4.78 is 35.5. The number of benzene rings is 1. The maximum atomic E-state index is 14.0. The molecule has 1 aromatic carbocycles. The zero-order chi connectivity index (χ0) is 25.9. The van der Waals surface area contributed by atoms with Crippen LogP contribution in [0.2, 0.25) is 5.02 Å². The maximum absolute atomic E-state index is 14.0. The molecular weight excluding hydrogens is 502 g/mol. The number of alkyl halides is 2. The van der Waals surface area contributed by atoms with Crippen molar-refractivity contribution in [1.82, 2.24) is 14.5 Å². The molecule has 1 aliphatic carbocycles. The van der Waals surface area contributed by atoms with Crippen LogP contribution >= 0.6 is 11.6 Å². The fourth-order valence-corrected chi connectivity index (χ4v) is 5.41. The third kappa shape index (κ3) is 4.45. The summed E-state index contributed by atoms with van der Waals surface area (Å²) >= 11 is 6.42. The van der Waals surface area contributed by atoms with E-state index in [1.54, 1.807) is 16.5 Å². The standard InChI is InChI=1S/C26H29ClF2N6O2/c1-14-13-35(9-8-26(14,28)29)25-30-12-18(27)23(33-25)31-16-5-6-20-17(11-16)21-22(24(36)34(20)2)37-10-7-19(32-21)15-3-4-15/h5-6,11-12,14-15,19,32H,3-4,7-10,13H2,1-2H3,(H,30,31,33)/t14-,19?/m1/s1. The summed E-state index contributed by atoms with van der Waals surface area (Å²) in [6, 6.07) is 5.95. The van der Waals surface area contributed by atoms with Crippen LogP contribution in [0.5, 0.6) is 5.75 Å². The molecule has 6 rings (SSSR count). The first-order valence-corrected chi connectivity index (χ1v) is 13.1. The second-order valence-corrected chi connectivity index (χ2v) is 10.8. The number of aromatic nitrogens is 3. The van der Waals surface area contributed by atoms with Gasteiger partial charge in [-0.1, -0.05) is 18.5 Å². The average Bonchev–Trinajstić information content (AvgIpc) is 3.72. The van der Waals surface area contributed by atoms with Gasteiger partial charge in [-0.3, -0.25) is 4.79 Å². The Kier molecular flexibility index (Phi) is 5.89. The van der Waals surface area contributed by atoms with E-state index in [-0.39, 0.29) is 31.1 Å². The van der Waals surface area contributed by atoms with E-state index in [1.165, 1.54) is 26.0 Å². The highest BCUT2D eigenvalue weighted by molar-refractivity contribution is 6.32. The van der Waals surface area contributed by atoms with Crippen molar-refractivity contribution in [3.8, 4) is 5.75 Å². The topological polar surface area (TPSA) is 84.3 Å². The Bertz CT molecular complexity index is 1430. The second kappa shape index (κ2) is 9.01. The monoisotopic (exact) mass is 530 g/mol. The molecule has 0 amide bonds. The van der Waals surface area contributed by atoms with Crippen LogP contribution in [0.25, 0.3) is 10.9 Å². The molecule has 196 valence electrons. The van der Waals surface area contributed by atoms with Gasteiger partial charge in [-0.05, 0) is 37.0 Å². The number of anilines is 4. The van der Waals surface area contributed by atoms with Crippen molar-refractivity contribution in [3.63, 3.8) is 0 Å². The van der Waals surface area contributed by atoms with Gasteiger partial charge in [0.05, 0.1) is 24.0 Å². The molecule has 0 bridgehead atoms. The first-order valence-electron chi connectivity index (χ1n) is 12.7. The minimum Gasteiger partial charge on any atom is -0.486 e. The van der Waals surface area contributed by atoms with Gasteiger partial charge < -0.3 is 24.8 Å². The highest BCUT2D eigenvalue weighted by Gasteiger charge is 2.42. The molecule has 2 atom stereocenters. The molecule has 8 nitrogen and oxygen atoms in total. The van der Waals surface area contributed by atoms with Crippen molar-refractivity contribution in [2.75, 3.05) is 35.2 Å². The summed E-state index contributed by atoms with van der Waals surface area (Å²) in [6.07, 6.45) is 4.46. The molecule has 2 aromatic heterocycles. The van der Waals surface area contributed by atoms with Crippen molar-refractivity contribution < 1.29 is 13.5 Å². The molecule has 11 heteroatoms. The Balaban J connectivity index is 1.34. The molecule has 2 aliphatic heterocycles. The van der Waals surface area contributed by atoms with Crippen LogP contribution in [0.4, 0.5) is 31.9 Å². The quantitative estimate of drug-likeness (QED) is 0.481. The van der Waals surface area contributed by atoms with Crippen LogP contribution in [0.15, 0.2) is 29.2 Å². The van der Waals surface area contributed by atoms with E-state index in [1.807, 2.05) is 18.2 Å². The Morgan fingerprint density at radius 1 is 1.27 bits per heavy atom. The highest BCUT2D eigenvalue weighted by atomic mass is 35.5. The number of hydrogen-bond acceptors (Lipinski definition) is 7. The Morgan fingerprint density at radius 2 is 2.08 bits per heavy atom. The largest absolute Gasteiger partial charge is 0.486 e. The van der Waals surface area contributed by atoms with E-state index in [2.05, 4.69) is 20.6 Å². The van der Waals surface area contributed by atoms with Crippen LogP contribution in [0.1, 0.15) is 32.6 Å². The van der Waals surface area contributed by atoms with Crippen LogP contribution in [0.3, 0.4) is 0 Å². The van der Waals surface area contributed by atoms with Crippen LogP contribution in [-0.4, -0.2) is 46.2 Å². The van der Waals surface area contributed by atoms with Gasteiger partial charge >= 0.3 is 0 Å². The first kappa shape index (κ1) is 24.2.